The van der Waals surface area contributed by atoms with Crippen LogP contribution in [0.1, 0.15) is 12.5 Å². The van der Waals surface area contributed by atoms with Crippen molar-refractivity contribution in [3.63, 3.8) is 0 Å². The molecule has 1 rings (SSSR count). The van der Waals surface area contributed by atoms with Gasteiger partial charge in [0, 0.05) is 13.1 Å². The van der Waals surface area contributed by atoms with Crippen molar-refractivity contribution in [2.24, 2.45) is 0 Å². The van der Waals surface area contributed by atoms with Crippen LogP contribution in [-0.2, 0) is 14.3 Å². The predicted molar refractivity (Wildman–Crippen MR) is 78.2 cm³/mol. The van der Waals surface area contributed by atoms with Crippen LogP contribution in [0.4, 0.5) is 0 Å². The number of nitrogens with one attached hydrogen (secondary N) is 1. The van der Waals surface area contributed by atoms with E-state index < -0.39 is 5.97 Å². The Hall–Kier alpha value is -2.50. The van der Waals surface area contributed by atoms with E-state index >= 15 is 0 Å². The van der Waals surface area contributed by atoms with Gasteiger partial charge in [-0.2, -0.15) is 0 Å². The molecule has 0 aromatic heterocycles. The average molecular weight is 293 g/mol. The van der Waals surface area contributed by atoms with Crippen LogP contribution in [0.25, 0.3) is 6.08 Å². The van der Waals surface area contributed by atoms with Gasteiger partial charge in [0.15, 0.2) is 18.1 Å². The largest absolute Gasteiger partial charge is 0.493 e. The predicted octanol–water partition coefficient (Wildman–Crippen LogP) is 1.40. The Morgan fingerprint density at radius 3 is 2.67 bits per heavy atom. The molecule has 1 aromatic carbocycles. The highest BCUT2D eigenvalue weighted by molar-refractivity contribution is 5.89. The van der Waals surface area contributed by atoms with Crippen molar-refractivity contribution in [1.82, 2.24) is 5.32 Å². The molecule has 0 radical (unpaired) electrons. The molecule has 0 aliphatic carbocycles. The second-order valence-corrected chi connectivity index (χ2v) is 3.96. The third-order valence-electron chi connectivity index (χ3n) is 2.52. The van der Waals surface area contributed by atoms with Gasteiger partial charge in [0.05, 0.1) is 13.7 Å². The second kappa shape index (κ2) is 8.63. The smallest absolute Gasteiger partial charge is 0.331 e. The summed E-state index contributed by atoms with van der Waals surface area (Å²) in [6, 6.07) is 5.29. The molecule has 0 unspecified atom stereocenters. The van der Waals surface area contributed by atoms with Crippen LogP contribution in [0.5, 0.6) is 11.5 Å². The quantitative estimate of drug-likeness (QED) is 0.607. The molecule has 0 aliphatic rings. The van der Waals surface area contributed by atoms with Crippen LogP contribution >= 0.6 is 0 Å². The van der Waals surface area contributed by atoms with Crippen LogP contribution in [0.15, 0.2) is 24.3 Å². The number of hydrogen-bond donors (Lipinski definition) is 1. The maximum Gasteiger partial charge on any atom is 0.331 e. The minimum Gasteiger partial charge on any atom is -0.493 e. The average Bonchev–Trinajstić information content (AvgIpc) is 2.51. The highest BCUT2D eigenvalue weighted by Gasteiger charge is 2.05. The van der Waals surface area contributed by atoms with E-state index in [4.69, 9.17) is 14.2 Å². The van der Waals surface area contributed by atoms with E-state index in [1.165, 1.54) is 13.1 Å². The van der Waals surface area contributed by atoms with E-state index in [-0.39, 0.29) is 12.5 Å². The lowest BCUT2D eigenvalue weighted by Gasteiger charge is -2.09. The molecular formula is C15H19NO5. The second-order valence-electron chi connectivity index (χ2n) is 3.96. The number of ether oxygens (including phenoxy) is 3. The van der Waals surface area contributed by atoms with Crippen LogP contribution in [0, 0.1) is 0 Å². The molecule has 0 aliphatic heterocycles. The summed E-state index contributed by atoms with van der Waals surface area (Å²) in [5, 5.41) is 2.36. The summed E-state index contributed by atoms with van der Waals surface area (Å²) < 4.78 is 15.4. The maximum absolute atomic E-state index is 11.4. The van der Waals surface area contributed by atoms with Gasteiger partial charge in [-0.1, -0.05) is 6.07 Å². The molecule has 0 spiro atoms. The first-order valence-corrected chi connectivity index (χ1v) is 6.47. The summed E-state index contributed by atoms with van der Waals surface area (Å²) >= 11 is 0. The van der Waals surface area contributed by atoms with Crippen molar-refractivity contribution in [3.05, 3.63) is 29.8 Å². The number of carbonyl (C=O) groups excluding carboxylic acids is 2. The van der Waals surface area contributed by atoms with Crippen LogP contribution in [-0.4, -0.2) is 39.2 Å². The number of methoxy groups -OCH3 is 1. The topological polar surface area (TPSA) is 73.9 Å². The Balaban J connectivity index is 2.67. The fourth-order valence-corrected chi connectivity index (χ4v) is 1.48. The normalized spacial score (nSPS) is 10.2. The minimum absolute atomic E-state index is 0.299. The van der Waals surface area contributed by atoms with Crippen molar-refractivity contribution in [1.29, 1.82) is 0 Å². The van der Waals surface area contributed by atoms with Gasteiger partial charge in [-0.15, -0.1) is 0 Å². The molecule has 6 heteroatoms. The van der Waals surface area contributed by atoms with E-state index in [0.29, 0.717) is 18.1 Å². The number of carbonyl (C=O) groups is 2. The molecule has 0 saturated heterocycles. The zero-order valence-electron chi connectivity index (χ0n) is 12.3. The van der Waals surface area contributed by atoms with E-state index in [9.17, 15) is 9.59 Å². The molecule has 114 valence electrons. The highest BCUT2D eigenvalue weighted by Crippen LogP contribution is 2.28. The molecular weight excluding hydrogens is 274 g/mol. The van der Waals surface area contributed by atoms with Crippen molar-refractivity contribution < 1.29 is 23.8 Å². The molecule has 1 amide bonds. The van der Waals surface area contributed by atoms with Crippen LogP contribution < -0.4 is 14.8 Å². The van der Waals surface area contributed by atoms with Gasteiger partial charge >= 0.3 is 5.97 Å². The lowest BCUT2D eigenvalue weighted by Crippen LogP contribution is -2.24. The Kier molecular flexibility index (Phi) is 6.80. The van der Waals surface area contributed by atoms with Gasteiger partial charge < -0.3 is 19.5 Å². The summed E-state index contributed by atoms with van der Waals surface area (Å²) in [6.45, 7) is 2.12. The summed E-state index contributed by atoms with van der Waals surface area (Å²) in [4.78, 5) is 22.3. The molecule has 0 bridgehead atoms. The molecule has 0 saturated carbocycles. The van der Waals surface area contributed by atoms with E-state index in [1.807, 2.05) is 6.92 Å². The zero-order chi connectivity index (χ0) is 15.7. The number of esters is 1. The lowest BCUT2D eigenvalue weighted by molar-refractivity contribution is -0.143. The first-order chi connectivity index (χ1) is 10.1. The Labute approximate surface area is 123 Å². The third kappa shape index (κ3) is 5.56. The van der Waals surface area contributed by atoms with E-state index in [0.717, 1.165) is 5.56 Å². The fraction of sp³-hybridized carbons (Fsp3) is 0.333. The molecule has 0 fully saturated rings. The molecule has 1 N–H and O–H groups in total. The Morgan fingerprint density at radius 1 is 1.29 bits per heavy atom. The van der Waals surface area contributed by atoms with Crippen molar-refractivity contribution >= 4 is 18.0 Å². The number of likely N-dealkylation sites (N-methyl/N-ethyl adjacent to an activating group) is 1. The van der Waals surface area contributed by atoms with Gasteiger partial charge in [0.1, 0.15) is 0 Å². The Morgan fingerprint density at radius 2 is 2.05 bits per heavy atom. The molecule has 0 atom stereocenters. The molecule has 6 nitrogen and oxygen atoms in total. The lowest BCUT2D eigenvalue weighted by atomic mass is 10.2. The SMILES string of the molecule is CCOc1ccc(/C=C/C(=O)OCC(=O)NC)cc1OC. The van der Waals surface area contributed by atoms with Gasteiger partial charge in [-0.05, 0) is 30.7 Å². The van der Waals surface area contributed by atoms with Crippen LogP contribution in [0.2, 0.25) is 0 Å². The fourth-order valence-electron chi connectivity index (χ4n) is 1.48. The van der Waals surface area contributed by atoms with Crippen LogP contribution in [0.3, 0.4) is 0 Å². The van der Waals surface area contributed by atoms with Crippen molar-refractivity contribution in [2.45, 2.75) is 6.92 Å². The van der Waals surface area contributed by atoms with E-state index in [2.05, 4.69) is 5.32 Å². The molecule has 1 aromatic rings. The Bertz CT molecular complexity index is 525. The third-order valence-corrected chi connectivity index (χ3v) is 2.52. The number of benzene rings is 1. The summed E-state index contributed by atoms with van der Waals surface area (Å²) in [5.41, 5.74) is 0.757. The zero-order valence-corrected chi connectivity index (χ0v) is 12.3. The number of hydrogen-bond acceptors (Lipinski definition) is 5. The van der Waals surface area contributed by atoms with Gasteiger partial charge in [-0.3, -0.25) is 4.79 Å². The monoisotopic (exact) mass is 293 g/mol. The standard InChI is InChI=1S/C15H19NO5/c1-4-20-12-7-5-11(9-13(12)19-3)6-8-15(18)21-10-14(17)16-2/h5-9H,4,10H2,1-3H3,(H,16,17)/b8-6+. The maximum atomic E-state index is 11.4. The molecule has 0 heterocycles. The van der Waals surface area contributed by atoms with Gasteiger partial charge in [0.25, 0.3) is 5.91 Å². The number of amides is 1. The summed E-state index contributed by atoms with van der Waals surface area (Å²) in [6.07, 6.45) is 2.82. The number of rotatable bonds is 7. The van der Waals surface area contributed by atoms with Crippen molar-refractivity contribution in [2.75, 3.05) is 27.4 Å². The van der Waals surface area contributed by atoms with E-state index in [1.54, 1.807) is 31.4 Å². The minimum atomic E-state index is -0.591. The van der Waals surface area contributed by atoms with Gasteiger partial charge in [0.2, 0.25) is 0 Å². The first kappa shape index (κ1) is 16.6. The van der Waals surface area contributed by atoms with Gasteiger partial charge in [-0.25, -0.2) is 4.79 Å². The summed E-state index contributed by atoms with van der Waals surface area (Å²) in [7, 11) is 3.02. The van der Waals surface area contributed by atoms with Crippen molar-refractivity contribution in [3.8, 4) is 11.5 Å². The highest BCUT2D eigenvalue weighted by atomic mass is 16.5. The molecule has 21 heavy (non-hydrogen) atoms. The first-order valence-electron chi connectivity index (χ1n) is 6.47. The summed E-state index contributed by atoms with van der Waals surface area (Å²) in [5.74, 6) is 0.267.